The van der Waals surface area contributed by atoms with Gasteiger partial charge in [-0.05, 0) is 62.9 Å². The SMILES string of the molecule is COc1ccc(NC(=O)CN(C)CC(=O)N2CCC[C@@H]3CCCC[C@@H]32)cc1. The summed E-state index contributed by atoms with van der Waals surface area (Å²) in [6, 6.07) is 7.64. The van der Waals surface area contributed by atoms with Crippen molar-refractivity contribution in [2.24, 2.45) is 5.92 Å². The first kappa shape index (κ1) is 19.7. The minimum Gasteiger partial charge on any atom is -0.497 e. The Balaban J connectivity index is 1.48. The zero-order chi connectivity index (χ0) is 19.2. The quantitative estimate of drug-likeness (QED) is 0.833. The largest absolute Gasteiger partial charge is 0.497 e. The lowest BCUT2D eigenvalue weighted by atomic mass is 9.78. The molecule has 1 heterocycles. The summed E-state index contributed by atoms with van der Waals surface area (Å²) in [7, 11) is 3.44. The minimum absolute atomic E-state index is 0.121. The van der Waals surface area contributed by atoms with Crippen LogP contribution in [-0.2, 0) is 9.59 Å². The van der Waals surface area contributed by atoms with Gasteiger partial charge >= 0.3 is 0 Å². The van der Waals surface area contributed by atoms with Crippen LogP contribution in [0, 0.1) is 5.92 Å². The maximum atomic E-state index is 12.8. The normalized spacial score (nSPS) is 22.3. The van der Waals surface area contributed by atoms with Crippen LogP contribution in [0.2, 0.25) is 0 Å². The topological polar surface area (TPSA) is 61.9 Å². The van der Waals surface area contributed by atoms with Gasteiger partial charge < -0.3 is 15.0 Å². The second-order valence-corrected chi connectivity index (χ2v) is 7.79. The highest BCUT2D eigenvalue weighted by Crippen LogP contribution is 2.35. The van der Waals surface area contributed by atoms with Crippen LogP contribution in [0.4, 0.5) is 5.69 Å². The third kappa shape index (κ3) is 5.22. The molecule has 2 fully saturated rings. The van der Waals surface area contributed by atoms with Gasteiger partial charge in [0.15, 0.2) is 0 Å². The van der Waals surface area contributed by atoms with E-state index in [0.29, 0.717) is 18.5 Å². The molecule has 2 amide bonds. The van der Waals surface area contributed by atoms with E-state index in [2.05, 4.69) is 10.2 Å². The fourth-order valence-electron chi connectivity index (χ4n) is 4.43. The number of carbonyl (C=O) groups is 2. The smallest absolute Gasteiger partial charge is 0.238 e. The number of benzene rings is 1. The number of piperidine rings is 1. The van der Waals surface area contributed by atoms with Crippen molar-refractivity contribution in [3.05, 3.63) is 24.3 Å². The van der Waals surface area contributed by atoms with Gasteiger partial charge in [0, 0.05) is 18.3 Å². The number of nitrogens with one attached hydrogen (secondary N) is 1. The number of fused-ring (bicyclic) bond motifs is 1. The fraction of sp³-hybridized carbons (Fsp3) is 0.619. The van der Waals surface area contributed by atoms with E-state index in [1.165, 1.54) is 25.7 Å². The third-order valence-electron chi connectivity index (χ3n) is 5.76. The summed E-state index contributed by atoms with van der Waals surface area (Å²) in [5.41, 5.74) is 0.724. The van der Waals surface area contributed by atoms with Gasteiger partial charge in [-0.25, -0.2) is 0 Å². The second kappa shape index (κ2) is 9.22. The van der Waals surface area contributed by atoms with E-state index in [-0.39, 0.29) is 18.4 Å². The Morgan fingerprint density at radius 2 is 1.81 bits per heavy atom. The molecular formula is C21H31N3O3. The highest BCUT2D eigenvalue weighted by molar-refractivity contribution is 5.92. The van der Waals surface area contributed by atoms with E-state index in [0.717, 1.165) is 30.8 Å². The van der Waals surface area contributed by atoms with Gasteiger partial charge in [-0.1, -0.05) is 12.8 Å². The lowest BCUT2D eigenvalue weighted by Crippen LogP contribution is -2.52. The van der Waals surface area contributed by atoms with E-state index >= 15 is 0 Å². The van der Waals surface area contributed by atoms with Crippen LogP contribution in [0.3, 0.4) is 0 Å². The molecule has 6 heteroatoms. The highest BCUT2D eigenvalue weighted by atomic mass is 16.5. The van der Waals surface area contributed by atoms with Crippen molar-refractivity contribution < 1.29 is 14.3 Å². The molecule has 27 heavy (non-hydrogen) atoms. The number of methoxy groups -OCH3 is 1. The Kier molecular flexibility index (Phi) is 6.72. The molecule has 0 aromatic heterocycles. The molecule has 1 aromatic carbocycles. The monoisotopic (exact) mass is 373 g/mol. The molecule has 1 aromatic rings. The Labute approximate surface area is 161 Å². The summed E-state index contributed by atoms with van der Waals surface area (Å²) in [5, 5.41) is 2.86. The van der Waals surface area contributed by atoms with Crippen LogP contribution < -0.4 is 10.1 Å². The summed E-state index contributed by atoms with van der Waals surface area (Å²) in [4.78, 5) is 29.0. The van der Waals surface area contributed by atoms with E-state index in [1.54, 1.807) is 36.3 Å². The zero-order valence-corrected chi connectivity index (χ0v) is 16.4. The van der Waals surface area contributed by atoms with Gasteiger partial charge in [0.05, 0.1) is 20.2 Å². The molecule has 148 valence electrons. The number of likely N-dealkylation sites (tertiary alicyclic amines) is 1. The molecule has 6 nitrogen and oxygen atoms in total. The summed E-state index contributed by atoms with van der Waals surface area (Å²) < 4.78 is 5.11. The summed E-state index contributed by atoms with van der Waals surface area (Å²) >= 11 is 0. The number of likely N-dealkylation sites (N-methyl/N-ethyl adjacent to an activating group) is 1. The van der Waals surface area contributed by atoms with Gasteiger partial charge in [-0.15, -0.1) is 0 Å². The molecule has 0 unspecified atom stereocenters. The number of rotatable bonds is 6. The summed E-state index contributed by atoms with van der Waals surface area (Å²) in [6.45, 7) is 1.35. The van der Waals surface area contributed by atoms with E-state index in [4.69, 9.17) is 4.74 Å². The molecule has 1 saturated heterocycles. The molecule has 1 N–H and O–H groups in total. The minimum atomic E-state index is -0.121. The number of nitrogens with zero attached hydrogens (tertiary/aromatic N) is 2. The standard InChI is InChI=1S/C21H31N3O3/c1-23(14-20(25)22-17-9-11-18(27-2)12-10-17)15-21(26)24-13-5-7-16-6-3-4-8-19(16)24/h9-12,16,19H,3-8,13-15H2,1-2H3,(H,22,25)/t16-,19-/m0/s1. The highest BCUT2D eigenvalue weighted by Gasteiger charge is 2.35. The second-order valence-electron chi connectivity index (χ2n) is 7.79. The zero-order valence-electron chi connectivity index (χ0n) is 16.4. The maximum Gasteiger partial charge on any atom is 0.238 e. The first-order valence-electron chi connectivity index (χ1n) is 9.98. The first-order chi connectivity index (χ1) is 13.1. The van der Waals surface area contributed by atoms with Crippen LogP contribution in [0.5, 0.6) is 5.75 Å². The third-order valence-corrected chi connectivity index (χ3v) is 5.76. The van der Waals surface area contributed by atoms with Crippen molar-refractivity contribution in [3.63, 3.8) is 0 Å². The number of anilines is 1. The Bertz CT molecular complexity index is 645. The van der Waals surface area contributed by atoms with Crippen LogP contribution >= 0.6 is 0 Å². The predicted molar refractivity (Wildman–Crippen MR) is 106 cm³/mol. The first-order valence-corrected chi connectivity index (χ1v) is 9.98. The molecule has 3 rings (SSSR count). The summed E-state index contributed by atoms with van der Waals surface area (Å²) in [6.07, 6.45) is 7.29. The van der Waals surface area contributed by atoms with Gasteiger partial charge in [0.1, 0.15) is 5.75 Å². The molecular weight excluding hydrogens is 342 g/mol. The number of carbonyl (C=O) groups excluding carboxylic acids is 2. The lowest BCUT2D eigenvalue weighted by Gasteiger charge is -2.44. The average Bonchev–Trinajstić information content (AvgIpc) is 2.67. The van der Waals surface area contributed by atoms with Crippen molar-refractivity contribution in [3.8, 4) is 5.75 Å². The van der Waals surface area contributed by atoms with Crippen molar-refractivity contribution in [2.75, 3.05) is 39.1 Å². The Hall–Kier alpha value is -2.08. The van der Waals surface area contributed by atoms with Gasteiger partial charge in [0.2, 0.25) is 11.8 Å². The molecule has 0 radical (unpaired) electrons. The van der Waals surface area contributed by atoms with Crippen LogP contribution in [0.1, 0.15) is 38.5 Å². The molecule has 1 aliphatic carbocycles. The maximum absolute atomic E-state index is 12.8. The molecule has 1 aliphatic heterocycles. The van der Waals surface area contributed by atoms with E-state index in [9.17, 15) is 9.59 Å². The lowest BCUT2D eigenvalue weighted by molar-refractivity contribution is -0.138. The molecule has 0 spiro atoms. The van der Waals surface area contributed by atoms with E-state index in [1.807, 2.05) is 7.05 Å². The number of hydrogen-bond donors (Lipinski definition) is 1. The Morgan fingerprint density at radius 1 is 1.11 bits per heavy atom. The van der Waals surface area contributed by atoms with Crippen molar-refractivity contribution in [1.82, 2.24) is 9.80 Å². The van der Waals surface area contributed by atoms with Crippen LogP contribution in [0.25, 0.3) is 0 Å². The van der Waals surface area contributed by atoms with Crippen LogP contribution in [0.15, 0.2) is 24.3 Å². The van der Waals surface area contributed by atoms with Crippen molar-refractivity contribution >= 4 is 17.5 Å². The van der Waals surface area contributed by atoms with Crippen molar-refractivity contribution in [1.29, 1.82) is 0 Å². The molecule has 2 atom stereocenters. The predicted octanol–water partition coefficient (Wildman–Crippen LogP) is 2.75. The van der Waals surface area contributed by atoms with E-state index < -0.39 is 0 Å². The molecule has 1 saturated carbocycles. The number of hydrogen-bond acceptors (Lipinski definition) is 4. The molecule has 0 bridgehead atoms. The van der Waals surface area contributed by atoms with Gasteiger partial charge in [-0.3, -0.25) is 14.5 Å². The fourth-order valence-corrected chi connectivity index (χ4v) is 4.43. The Morgan fingerprint density at radius 3 is 2.56 bits per heavy atom. The van der Waals surface area contributed by atoms with Crippen molar-refractivity contribution in [2.45, 2.75) is 44.6 Å². The summed E-state index contributed by atoms with van der Waals surface area (Å²) in [5.74, 6) is 1.47. The van der Waals surface area contributed by atoms with Gasteiger partial charge in [0.25, 0.3) is 0 Å². The molecule has 2 aliphatic rings. The number of amides is 2. The van der Waals surface area contributed by atoms with Crippen LogP contribution in [-0.4, -0.2) is 61.4 Å². The average molecular weight is 373 g/mol. The number of ether oxygens (including phenoxy) is 1. The van der Waals surface area contributed by atoms with Gasteiger partial charge in [-0.2, -0.15) is 0 Å².